The Labute approximate surface area is 247 Å². The Balaban J connectivity index is 1.35. The molecule has 4 nitrogen and oxygen atoms in total. The van der Waals surface area contributed by atoms with E-state index in [0.29, 0.717) is 0 Å². The summed E-state index contributed by atoms with van der Waals surface area (Å²) in [4.78, 5) is 6.98. The highest BCUT2D eigenvalue weighted by Crippen LogP contribution is 2.47. The number of fused-ring (bicyclic) bond motifs is 7. The number of benzene rings is 6. The maximum absolute atomic E-state index is 6.44. The molecule has 9 aromatic rings. The molecule has 0 atom stereocenters. The molecule has 9 rings (SSSR count). The van der Waals surface area contributed by atoms with E-state index in [1.165, 1.54) is 10.9 Å². The zero-order valence-electron chi connectivity index (χ0n) is 23.1. The number of aromatic nitrogens is 1. The fourth-order valence-electron chi connectivity index (χ4n) is 6.35. The molecule has 43 heavy (non-hydrogen) atoms. The smallest absolute Gasteiger partial charge is 0.155 e. The predicted octanol–water partition coefficient (Wildman–Crippen LogP) is 11.2. The molecule has 0 bridgehead atoms. The molecule has 0 spiro atoms. The monoisotopic (exact) mass is 552 g/mol. The van der Waals surface area contributed by atoms with E-state index >= 15 is 0 Å². The summed E-state index contributed by atoms with van der Waals surface area (Å²) in [5.41, 5.74) is 8.60. The number of anilines is 3. The molecule has 0 amide bonds. The average molecular weight is 553 g/mol. The van der Waals surface area contributed by atoms with Gasteiger partial charge >= 0.3 is 0 Å². The fraction of sp³-hybridized carbons (Fsp3) is 0. The van der Waals surface area contributed by atoms with E-state index in [-0.39, 0.29) is 0 Å². The second-order valence-electron chi connectivity index (χ2n) is 10.8. The molecule has 0 saturated carbocycles. The van der Waals surface area contributed by atoms with Crippen molar-refractivity contribution in [1.82, 2.24) is 4.98 Å². The number of rotatable bonds is 4. The van der Waals surface area contributed by atoms with Gasteiger partial charge in [0, 0.05) is 16.5 Å². The quantitative estimate of drug-likeness (QED) is 0.218. The third-order valence-electron chi connectivity index (χ3n) is 8.32. The Morgan fingerprint density at radius 1 is 0.442 bits per heavy atom. The number of hydrogen-bond acceptors (Lipinski definition) is 4. The zero-order chi connectivity index (χ0) is 28.3. The minimum atomic E-state index is 0.748. The van der Waals surface area contributed by atoms with Crippen molar-refractivity contribution in [2.75, 3.05) is 4.90 Å². The highest BCUT2D eigenvalue weighted by Gasteiger charge is 2.23. The number of nitrogens with zero attached hydrogens (tertiary/aromatic N) is 2. The molecule has 0 aliphatic carbocycles. The minimum absolute atomic E-state index is 0.748. The molecule has 202 valence electrons. The van der Waals surface area contributed by atoms with Gasteiger partial charge in [-0.15, -0.1) is 0 Å². The van der Waals surface area contributed by atoms with E-state index < -0.39 is 0 Å². The van der Waals surface area contributed by atoms with Crippen LogP contribution >= 0.6 is 0 Å². The van der Waals surface area contributed by atoms with Crippen LogP contribution in [0.25, 0.3) is 65.8 Å². The number of furan rings is 2. The Morgan fingerprint density at radius 3 is 1.98 bits per heavy atom. The van der Waals surface area contributed by atoms with Gasteiger partial charge in [0.05, 0.1) is 34.5 Å². The molecule has 3 aromatic heterocycles. The summed E-state index contributed by atoms with van der Waals surface area (Å²) in [6.45, 7) is 0. The lowest BCUT2D eigenvalue weighted by atomic mass is 10.0. The second kappa shape index (κ2) is 9.33. The van der Waals surface area contributed by atoms with Gasteiger partial charge in [-0.25, -0.2) is 0 Å². The molecule has 0 fully saturated rings. The lowest BCUT2D eigenvalue weighted by Gasteiger charge is -2.26. The lowest BCUT2D eigenvalue weighted by Crippen LogP contribution is -2.11. The molecule has 0 N–H and O–H groups in total. The van der Waals surface area contributed by atoms with Crippen LogP contribution in [0, 0.1) is 0 Å². The van der Waals surface area contributed by atoms with Gasteiger partial charge in [-0.1, -0.05) is 91.0 Å². The Morgan fingerprint density at radius 2 is 1.12 bits per heavy atom. The van der Waals surface area contributed by atoms with Crippen molar-refractivity contribution < 1.29 is 8.83 Å². The van der Waals surface area contributed by atoms with E-state index in [1.807, 2.05) is 36.7 Å². The third kappa shape index (κ3) is 3.74. The van der Waals surface area contributed by atoms with Gasteiger partial charge in [0.2, 0.25) is 0 Å². The standard InChI is InChI=1S/C39H24N2O2/c1-2-9-25(10-3-1)26-17-19-29(20-18-26)41(32-14-8-16-35-38(32)30-13-6-7-15-34(30)42-35)33-23-40-24-37-39(33)31-21-27-11-4-5-12-28(27)22-36(31)43-37/h1-24H. The SMILES string of the molecule is c1ccc(-c2ccc(N(c3cccc4oc5ccccc5c34)c3cncc4oc5cc6ccccc6cc5c34)cc2)cc1. The van der Waals surface area contributed by atoms with Gasteiger partial charge < -0.3 is 13.7 Å². The number of hydrogen-bond donors (Lipinski definition) is 0. The number of para-hydroxylation sites is 1. The molecule has 4 heteroatoms. The van der Waals surface area contributed by atoms with Crippen molar-refractivity contribution in [3.63, 3.8) is 0 Å². The maximum Gasteiger partial charge on any atom is 0.155 e. The Bertz CT molecular complexity index is 2450. The van der Waals surface area contributed by atoms with Crippen LogP contribution in [0.15, 0.2) is 155 Å². The molecule has 0 radical (unpaired) electrons. The number of pyridine rings is 1. The van der Waals surface area contributed by atoms with Crippen molar-refractivity contribution in [2.45, 2.75) is 0 Å². The van der Waals surface area contributed by atoms with Gasteiger partial charge in [0.1, 0.15) is 16.7 Å². The normalized spacial score (nSPS) is 11.7. The van der Waals surface area contributed by atoms with E-state index in [9.17, 15) is 0 Å². The topological polar surface area (TPSA) is 42.4 Å². The predicted molar refractivity (Wildman–Crippen MR) is 176 cm³/mol. The second-order valence-corrected chi connectivity index (χ2v) is 10.8. The van der Waals surface area contributed by atoms with Crippen molar-refractivity contribution in [3.8, 4) is 11.1 Å². The molecule has 3 heterocycles. The van der Waals surface area contributed by atoms with Crippen LogP contribution in [0.1, 0.15) is 0 Å². The lowest BCUT2D eigenvalue weighted by molar-refractivity contribution is 0.667. The highest BCUT2D eigenvalue weighted by atomic mass is 16.3. The largest absolute Gasteiger partial charge is 0.456 e. The van der Waals surface area contributed by atoms with Gasteiger partial charge in [-0.2, -0.15) is 0 Å². The van der Waals surface area contributed by atoms with E-state index in [4.69, 9.17) is 8.83 Å². The van der Waals surface area contributed by atoms with Gasteiger partial charge in [0.15, 0.2) is 5.58 Å². The molecule has 6 aromatic carbocycles. The first-order valence-corrected chi connectivity index (χ1v) is 14.4. The highest BCUT2D eigenvalue weighted by molar-refractivity contribution is 6.19. The minimum Gasteiger partial charge on any atom is -0.456 e. The average Bonchev–Trinajstić information content (AvgIpc) is 3.63. The van der Waals surface area contributed by atoms with E-state index in [2.05, 4.69) is 119 Å². The van der Waals surface area contributed by atoms with Crippen LogP contribution in [-0.2, 0) is 0 Å². The van der Waals surface area contributed by atoms with Crippen LogP contribution in [0.5, 0.6) is 0 Å². The molecule has 0 saturated heterocycles. The van der Waals surface area contributed by atoms with E-state index in [0.717, 1.165) is 71.9 Å². The summed E-state index contributed by atoms with van der Waals surface area (Å²) < 4.78 is 12.8. The molecule has 0 aliphatic rings. The Hall–Kier alpha value is -5.87. The summed E-state index contributed by atoms with van der Waals surface area (Å²) in [6, 6.07) is 46.4. The van der Waals surface area contributed by atoms with Crippen LogP contribution in [0.3, 0.4) is 0 Å². The van der Waals surface area contributed by atoms with Gasteiger partial charge in [-0.05, 0) is 64.4 Å². The fourth-order valence-corrected chi connectivity index (χ4v) is 6.35. The third-order valence-corrected chi connectivity index (χ3v) is 8.32. The molecular weight excluding hydrogens is 528 g/mol. The zero-order valence-corrected chi connectivity index (χ0v) is 23.1. The van der Waals surface area contributed by atoms with E-state index in [1.54, 1.807) is 0 Å². The van der Waals surface area contributed by atoms with Crippen LogP contribution < -0.4 is 4.90 Å². The summed E-state index contributed by atoms with van der Waals surface area (Å²) in [5, 5.41) is 6.52. The Kier molecular flexibility index (Phi) is 5.16. The molecule has 0 unspecified atom stereocenters. The van der Waals surface area contributed by atoms with Crippen molar-refractivity contribution in [1.29, 1.82) is 0 Å². The molecule has 0 aliphatic heterocycles. The summed E-state index contributed by atoms with van der Waals surface area (Å²) in [7, 11) is 0. The summed E-state index contributed by atoms with van der Waals surface area (Å²) >= 11 is 0. The first-order chi connectivity index (χ1) is 21.3. The van der Waals surface area contributed by atoms with Gasteiger partial charge in [0.25, 0.3) is 0 Å². The van der Waals surface area contributed by atoms with Crippen LogP contribution in [0.4, 0.5) is 17.1 Å². The maximum atomic E-state index is 6.44. The molecular formula is C39H24N2O2. The van der Waals surface area contributed by atoms with Crippen LogP contribution in [0.2, 0.25) is 0 Å². The first kappa shape index (κ1) is 23.8. The first-order valence-electron chi connectivity index (χ1n) is 14.4. The van der Waals surface area contributed by atoms with Crippen LogP contribution in [-0.4, -0.2) is 4.98 Å². The summed E-state index contributed by atoms with van der Waals surface area (Å²) in [5.74, 6) is 0. The van der Waals surface area contributed by atoms with Crippen molar-refractivity contribution >= 4 is 71.7 Å². The summed E-state index contributed by atoms with van der Waals surface area (Å²) in [6.07, 6.45) is 3.76. The van der Waals surface area contributed by atoms with Crippen molar-refractivity contribution in [3.05, 3.63) is 146 Å². The van der Waals surface area contributed by atoms with Gasteiger partial charge in [-0.3, -0.25) is 4.98 Å². The van der Waals surface area contributed by atoms with Crippen molar-refractivity contribution in [2.24, 2.45) is 0 Å².